The van der Waals surface area contributed by atoms with Crippen LogP contribution in [-0.4, -0.2) is 23.1 Å². The minimum absolute atomic E-state index is 0.856. The number of hydrogen-bond donors (Lipinski definition) is 0. The normalized spacial score (nSPS) is 19.4. The Hall–Kier alpha value is -0.390. The first-order chi connectivity index (χ1) is 8.20. The van der Waals surface area contributed by atoms with E-state index in [-0.39, 0.29) is 0 Å². The summed E-state index contributed by atoms with van der Waals surface area (Å²) in [6.07, 6.45) is 5.71. The van der Waals surface area contributed by atoms with Crippen molar-refractivity contribution in [1.82, 2.24) is 9.97 Å². The Labute approximate surface area is 117 Å². The maximum atomic E-state index is 4.49. The van der Waals surface area contributed by atoms with Gasteiger partial charge < -0.3 is 4.90 Å². The molecule has 1 aliphatic rings. The van der Waals surface area contributed by atoms with Crippen LogP contribution in [0.3, 0.4) is 0 Å². The largest absolute Gasteiger partial charge is 0.341 e. The van der Waals surface area contributed by atoms with E-state index in [2.05, 4.69) is 51.3 Å². The zero-order chi connectivity index (χ0) is 12.3. The number of rotatable bonds is 3. The lowest BCUT2D eigenvalue weighted by atomic mass is 9.84. The lowest BCUT2D eigenvalue weighted by molar-refractivity contribution is 0.285. The number of piperidine rings is 1. The molecule has 2 heterocycles. The monoisotopic (exact) mass is 345 g/mol. The second-order valence-corrected chi connectivity index (χ2v) is 5.99. The number of nitrogens with zero attached hydrogens (tertiary/aromatic N) is 3. The van der Waals surface area contributed by atoms with Gasteiger partial charge in [-0.25, -0.2) is 9.97 Å². The molecular formula is C13H20IN3. The quantitative estimate of drug-likeness (QED) is 0.622. The van der Waals surface area contributed by atoms with E-state index in [1.165, 1.54) is 19.3 Å². The number of halogens is 1. The fraction of sp³-hybridized carbons (Fsp3) is 0.692. The molecule has 1 saturated heterocycles. The highest BCUT2D eigenvalue weighted by molar-refractivity contribution is 14.1. The molecule has 1 fully saturated rings. The van der Waals surface area contributed by atoms with Crippen LogP contribution in [0, 0.1) is 15.5 Å². The third kappa shape index (κ3) is 3.30. The maximum Gasteiger partial charge on any atom is 0.226 e. The van der Waals surface area contributed by atoms with Crippen LogP contribution in [0.1, 0.15) is 33.1 Å². The average Bonchev–Trinajstić information content (AvgIpc) is 2.38. The summed E-state index contributed by atoms with van der Waals surface area (Å²) in [7, 11) is 0. The van der Waals surface area contributed by atoms with Gasteiger partial charge in [-0.2, -0.15) is 0 Å². The van der Waals surface area contributed by atoms with E-state index in [0.717, 1.165) is 34.6 Å². The Kier molecular flexibility index (Phi) is 4.59. The lowest BCUT2D eigenvalue weighted by Crippen LogP contribution is -2.36. The van der Waals surface area contributed by atoms with Gasteiger partial charge in [-0.1, -0.05) is 20.3 Å². The molecular weight excluding hydrogens is 325 g/mol. The molecule has 1 unspecified atom stereocenters. The molecule has 0 aromatic carbocycles. The van der Waals surface area contributed by atoms with E-state index in [9.17, 15) is 0 Å². The molecule has 1 aromatic heterocycles. The summed E-state index contributed by atoms with van der Waals surface area (Å²) in [6.45, 7) is 6.88. The van der Waals surface area contributed by atoms with Crippen LogP contribution in [0.15, 0.2) is 12.3 Å². The van der Waals surface area contributed by atoms with Crippen molar-refractivity contribution in [2.45, 2.75) is 33.1 Å². The summed E-state index contributed by atoms with van der Waals surface area (Å²) >= 11 is 2.24. The van der Waals surface area contributed by atoms with Gasteiger partial charge in [0, 0.05) is 19.3 Å². The summed E-state index contributed by atoms with van der Waals surface area (Å²) in [5, 5.41) is 0. The molecule has 17 heavy (non-hydrogen) atoms. The van der Waals surface area contributed by atoms with Crippen molar-refractivity contribution >= 4 is 28.5 Å². The van der Waals surface area contributed by atoms with Crippen LogP contribution in [0.2, 0.25) is 0 Å². The van der Waals surface area contributed by atoms with E-state index in [1.54, 1.807) is 0 Å². The van der Waals surface area contributed by atoms with Crippen molar-refractivity contribution in [1.29, 1.82) is 0 Å². The minimum atomic E-state index is 0.856. The third-order valence-electron chi connectivity index (χ3n) is 3.88. The molecule has 4 heteroatoms. The van der Waals surface area contributed by atoms with Gasteiger partial charge in [0.1, 0.15) is 3.70 Å². The smallest absolute Gasteiger partial charge is 0.226 e. The predicted molar refractivity (Wildman–Crippen MR) is 79.1 cm³/mol. The molecule has 2 rings (SSSR count). The van der Waals surface area contributed by atoms with Gasteiger partial charge in [0.2, 0.25) is 5.95 Å². The van der Waals surface area contributed by atoms with E-state index in [1.807, 2.05) is 12.3 Å². The Morgan fingerprint density at radius 1 is 1.47 bits per heavy atom. The van der Waals surface area contributed by atoms with Gasteiger partial charge in [0.25, 0.3) is 0 Å². The SMILES string of the molecule is CCC(C)C1CCN(c2nccc(I)n2)CC1. The molecule has 1 aliphatic heterocycles. The molecule has 94 valence electrons. The lowest BCUT2D eigenvalue weighted by Gasteiger charge is -2.34. The van der Waals surface area contributed by atoms with Crippen LogP contribution >= 0.6 is 22.6 Å². The van der Waals surface area contributed by atoms with Crippen LogP contribution in [-0.2, 0) is 0 Å². The molecule has 3 nitrogen and oxygen atoms in total. The van der Waals surface area contributed by atoms with Gasteiger partial charge in [0.15, 0.2) is 0 Å². The van der Waals surface area contributed by atoms with E-state index < -0.39 is 0 Å². The summed E-state index contributed by atoms with van der Waals surface area (Å²) in [4.78, 5) is 11.2. The van der Waals surface area contributed by atoms with E-state index in [0.29, 0.717) is 0 Å². The first-order valence-corrected chi connectivity index (χ1v) is 7.52. The average molecular weight is 345 g/mol. The molecule has 1 atom stereocenters. The molecule has 0 amide bonds. The van der Waals surface area contributed by atoms with Crippen molar-refractivity contribution in [2.75, 3.05) is 18.0 Å². The molecule has 0 aliphatic carbocycles. The molecule has 0 saturated carbocycles. The second-order valence-electron chi connectivity index (χ2n) is 4.89. The van der Waals surface area contributed by atoms with E-state index >= 15 is 0 Å². The maximum absolute atomic E-state index is 4.49. The summed E-state index contributed by atoms with van der Waals surface area (Å²) in [5.74, 6) is 2.65. The fourth-order valence-corrected chi connectivity index (χ4v) is 2.86. The standard InChI is InChI=1S/C13H20IN3/c1-3-10(2)11-5-8-17(9-6-11)13-15-7-4-12(14)16-13/h4,7,10-11H,3,5-6,8-9H2,1-2H3. The van der Waals surface area contributed by atoms with Gasteiger partial charge >= 0.3 is 0 Å². The zero-order valence-electron chi connectivity index (χ0n) is 10.6. The zero-order valence-corrected chi connectivity index (χ0v) is 12.7. The number of anilines is 1. The topological polar surface area (TPSA) is 29.0 Å². The Morgan fingerprint density at radius 2 is 2.18 bits per heavy atom. The van der Waals surface area contributed by atoms with Crippen LogP contribution in [0.4, 0.5) is 5.95 Å². The predicted octanol–water partition coefficient (Wildman–Crippen LogP) is 3.34. The molecule has 1 aromatic rings. The fourth-order valence-electron chi connectivity index (χ4n) is 2.48. The van der Waals surface area contributed by atoms with Gasteiger partial charge in [-0.3, -0.25) is 0 Å². The minimum Gasteiger partial charge on any atom is -0.341 e. The van der Waals surface area contributed by atoms with Gasteiger partial charge in [-0.15, -0.1) is 0 Å². The van der Waals surface area contributed by atoms with Crippen molar-refractivity contribution in [3.05, 3.63) is 16.0 Å². The molecule has 0 N–H and O–H groups in total. The van der Waals surface area contributed by atoms with Gasteiger partial charge in [-0.05, 0) is 53.3 Å². The highest BCUT2D eigenvalue weighted by Gasteiger charge is 2.24. The highest BCUT2D eigenvalue weighted by atomic mass is 127. The number of aromatic nitrogens is 2. The summed E-state index contributed by atoms with van der Waals surface area (Å²) in [6, 6.07) is 1.94. The van der Waals surface area contributed by atoms with Gasteiger partial charge in [0.05, 0.1) is 0 Å². The van der Waals surface area contributed by atoms with Crippen molar-refractivity contribution in [3.63, 3.8) is 0 Å². The number of hydrogen-bond acceptors (Lipinski definition) is 3. The first-order valence-electron chi connectivity index (χ1n) is 6.44. The second kappa shape index (κ2) is 5.98. The Morgan fingerprint density at radius 3 is 2.76 bits per heavy atom. The van der Waals surface area contributed by atoms with Crippen molar-refractivity contribution in [2.24, 2.45) is 11.8 Å². The van der Waals surface area contributed by atoms with Crippen LogP contribution in [0.5, 0.6) is 0 Å². The summed E-state index contributed by atoms with van der Waals surface area (Å²) in [5.41, 5.74) is 0. The molecule has 0 spiro atoms. The molecule has 0 bridgehead atoms. The van der Waals surface area contributed by atoms with Crippen LogP contribution < -0.4 is 4.90 Å². The molecule has 0 radical (unpaired) electrons. The summed E-state index contributed by atoms with van der Waals surface area (Å²) < 4.78 is 1.02. The highest BCUT2D eigenvalue weighted by Crippen LogP contribution is 2.28. The van der Waals surface area contributed by atoms with Crippen LogP contribution in [0.25, 0.3) is 0 Å². The van der Waals surface area contributed by atoms with E-state index in [4.69, 9.17) is 0 Å². The third-order valence-corrected chi connectivity index (χ3v) is 4.48. The first kappa shape index (κ1) is 13.1. The Balaban J connectivity index is 1.95. The van der Waals surface area contributed by atoms with Crippen molar-refractivity contribution in [3.8, 4) is 0 Å². The van der Waals surface area contributed by atoms with Crippen molar-refractivity contribution < 1.29 is 0 Å². The Bertz CT molecular complexity index is 361.